The van der Waals surface area contributed by atoms with Gasteiger partial charge < -0.3 is 4.42 Å². The van der Waals surface area contributed by atoms with E-state index in [-0.39, 0.29) is 0 Å². The Bertz CT molecular complexity index is 491. The van der Waals surface area contributed by atoms with Crippen LogP contribution < -0.4 is 0 Å². The van der Waals surface area contributed by atoms with E-state index in [4.69, 9.17) is 4.42 Å². The summed E-state index contributed by atoms with van der Waals surface area (Å²) >= 11 is 3.52. The lowest BCUT2D eigenvalue weighted by molar-refractivity contribution is 0.397. The van der Waals surface area contributed by atoms with Crippen molar-refractivity contribution < 1.29 is 4.42 Å². The van der Waals surface area contributed by atoms with E-state index in [0.29, 0.717) is 22.4 Å². The second-order valence-corrected chi connectivity index (χ2v) is 7.83. The second kappa shape index (κ2) is 6.42. The molecule has 2 rings (SSSR count). The Kier molecular flexibility index (Phi) is 4.87. The fraction of sp³-hybridized carbons (Fsp3) is 0.636. The van der Waals surface area contributed by atoms with Crippen molar-refractivity contribution in [3.63, 3.8) is 0 Å². The maximum atomic E-state index is 5.53. The molecule has 0 saturated carbocycles. The number of thioether (sulfide) groups is 2. The van der Waals surface area contributed by atoms with Crippen LogP contribution >= 0.6 is 23.5 Å². The summed E-state index contributed by atoms with van der Waals surface area (Å²) in [5.41, 5.74) is 0. The molecule has 0 aliphatic heterocycles. The van der Waals surface area contributed by atoms with Gasteiger partial charge in [0.2, 0.25) is 5.89 Å². The minimum Gasteiger partial charge on any atom is -0.414 e. The van der Waals surface area contributed by atoms with Gasteiger partial charge >= 0.3 is 0 Å². The number of hydrogen-bond acceptors (Lipinski definition) is 7. The maximum absolute atomic E-state index is 5.53. The lowest BCUT2D eigenvalue weighted by Gasteiger charge is -2.16. The van der Waals surface area contributed by atoms with Crippen LogP contribution in [0.1, 0.15) is 26.7 Å². The van der Waals surface area contributed by atoms with Gasteiger partial charge in [-0.3, -0.25) is 0 Å². The van der Waals surface area contributed by atoms with Gasteiger partial charge in [0.1, 0.15) is 19.2 Å². The Hall–Kier alpha value is -1.02. The number of nitrogens with zero attached hydrogens (tertiary/aromatic N) is 5. The highest BCUT2D eigenvalue weighted by Gasteiger charge is 2.11. The van der Waals surface area contributed by atoms with Crippen molar-refractivity contribution >= 4 is 23.5 Å². The molecule has 0 unspecified atom stereocenters. The minimum absolute atomic E-state index is 0.299. The summed E-state index contributed by atoms with van der Waals surface area (Å²) < 4.78 is 7.48. The van der Waals surface area contributed by atoms with Crippen LogP contribution in [0.25, 0.3) is 0 Å². The molecule has 0 saturated heterocycles. The van der Waals surface area contributed by atoms with E-state index in [1.807, 2.05) is 11.8 Å². The van der Waals surface area contributed by atoms with Gasteiger partial charge in [-0.1, -0.05) is 32.5 Å². The smallest absolute Gasteiger partial charge is 0.276 e. The Labute approximate surface area is 120 Å². The van der Waals surface area contributed by atoms with Crippen LogP contribution in [-0.4, -0.2) is 41.2 Å². The zero-order valence-corrected chi connectivity index (χ0v) is 12.9. The van der Waals surface area contributed by atoms with Gasteiger partial charge in [-0.15, -0.1) is 10.2 Å². The number of rotatable bonds is 6. The summed E-state index contributed by atoms with van der Waals surface area (Å²) in [4.78, 5) is 3.86. The Morgan fingerprint density at radius 1 is 1.26 bits per heavy atom. The molecule has 6 nitrogen and oxygen atoms in total. The number of hydrogen-bond donors (Lipinski definition) is 0. The predicted octanol–water partition coefficient (Wildman–Crippen LogP) is 2.33. The molecule has 8 heteroatoms. The van der Waals surface area contributed by atoms with Crippen LogP contribution in [0.3, 0.4) is 0 Å². The van der Waals surface area contributed by atoms with Crippen molar-refractivity contribution in [1.29, 1.82) is 0 Å². The molecule has 0 N–H and O–H groups in total. The monoisotopic (exact) mass is 299 g/mol. The second-order valence-electron chi connectivity index (χ2n) is 4.86. The summed E-state index contributed by atoms with van der Waals surface area (Å²) in [5, 5.41) is 12.6. The van der Waals surface area contributed by atoms with Gasteiger partial charge in [0.25, 0.3) is 5.22 Å². The third-order valence-corrected chi connectivity index (χ3v) is 4.41. The van der Waals surface area contributed by atoms with Gasteiger partial charge in [0, 0.05) is 16.3 Å². The van der Waals surface area contributed by atoms with E-state index >= 15 is 0 Å². The van der Waals surface area contributed by atoms with Crippen molar-refractivity contribution in [3.8, 4) is 0 Å². The molecule has 2 aromatic rings. The fourth-order valence-corrected chi connectivity index (χ4v) is 3.00. The highest BCUT2D eigenvalue weighted by molar-refractivity contribution is 8.03. The number of aromatic nitrogens is 5. The van der Waals surface area contributed by atoms with E-state index < -0.39 is 0 Å². The first-order valence-corrected chi connectivity index (χ1v) is 7.91. The van der Waals surface area contributed by atoms with Gasteiger partial charge in [-0.25, -0.2) is 9.67 Å². The summed E-state index contributed by atoms with van der Waals surface area (Å²) in [5.74, 6) is 2.58. The first-order chi connectivity index (χ1) is 9.03. The highest BCUT2D eigenvalue weighted by atomic mass is 32.2. The molecule has 0 amide bonds. The lowest BCUT2D eigenvalue weighted by atomic mass is 10.3. The van der Waals surface area contributed by atoms with Gasteiger partial charge in [0.15, 0.2) is 0 Å². The highest BCUT2D eigenvalue weighted by Crippen LogP contribution is 2.25. The average Bonchev–Trinajstić information content (AvgIpc) is 2.96. The van der Waals surface area contributed by atoms with Crippen molar-refractivity contribution in [2.24, 2.45) is 0 Å². The SMILES string of the molecule is CC(C)(C)SCCSc1nnc(Cn2cncn2)o1. The van der Waals surface area contributed by atoms with Crippen LogP contribution in [0.2, 0.25) is 0 Å². The zero-order chi connectivity index (χ0) is 13.7. The standard InChI is InChI=1S/C11H17N5OS2/c1-11(2,3)19-5-4-18-10-15-14-9(17-10)6-16-8-12-7-13-16/h7-8H,4-6H2,1-3H3. The molecular weight excluding hydrogens is 282 g/mol. The van der Waals surface area contributed by atoms with Crippen LogP contribution in [0, 0.1) is 0 Å². The average molecular weight is 299 g/mol. The predicted molar refractivity (Wildman–Crippen MR) is 76.4 cm³/mol. The van der Waals surface area contributed by atoms with E-state index in [9.17, 15) is 0 Å². The largest absolute Gasteiger partial charge is 0.414 e. The molecular formula is C11H17N5OS2. The summed E-state index contributed by atoms with van der Waals surface area (Å²) in [7, 11) is 0. The zero-order valence-electron chi connectivity index (χ0n) is 11.2. The van der Waals surface area contributed by atoms with Crippen molar-refractivity contribution in [2.75, 3.05) is 11.5 Å². The van der Waals surface area contributed by atoms with Gasteiger partial charge in [-0.2, -0.15) is 16.9 Å². The maximum Gasteiger partial charge on any atom is 0.276 e. The van der Waals surface area contributed by atoms with E-state index in [2.05, 4.69) is 41.1 Å². The minimum atomic E-state index is 0.299. The summed E-state index contributed by atoms with van der Waals surface area (Å²) in [6, 6.07) is 0. The van der Waals surface area contributed by atoms with Gasteiger partial charge in [0.05, 0.1) is 0 Å². The topological polar surface area (TPSA) is 69.6 Å². The summed E-state index contributed by atoms with van der Waals surface area (Å²) in [6.07, 6.45) is 3.10. The molecule has 0 aromatic carbocycles. The molecule has 0 atom stereocenters. The molecule has 0 aliphatic carbocycles. The van der Waals surface area contributed by atoms with Crippen LogP contribution in [0.4, 0.5) is 0 Å². The van der Waals surface area contributed by atoms with Crippen molar-refractivity contribution in [1.82, 2.24) is 25.0 Å². The third kappa shape index (κ3) is 5.23. The van der Waals surface area contributed by atoms with E-state index in [1.165, 1.54) is 6.33 Å². The van der Waals surface area contributed by atoms with Gasteiger partial charge in [-0.05, 0) is 0 Å². The van der Waals surface area contributed by atoms with Crippen LogP contribution in [0.5, 0.6) is 0 Å². The van der Waals surface area contributed by atoms with Crippen LogP contribution in [-0.2, 0) is 6.54 Å². The molecule has 0 aliphatic rings. The first kappa shape index (κ1) is 14.4. The Balaban J connectivity index is 1.75. The van der Waals surface area contributed by atoms with E-state index in [1.54, 1.807) is 22.8 Å². The molecule has 0 fully saturated rings. The Morgan fingerprint density at radius 3 is 2.79 bits per heavy atom. The molecule has 0 bridgehead atoms. The molecule has 0 spiro atoms. The fourth-order valence-electron chi connectivity index (χ4n) is 1.29. The molecule has 0 radical (unpaired) electrons. The third-order valence-electron chi connectivity index (χ3n) is 2.06. The Morgan fingerprint density at radius 2 is 2.11 bits per heavy atom. The van der Waals surface area contributed by atoms with Crippen molar-refractivity contribution in [3.05, 3.63) is 18.5 Å². The molecule has 104 valence electrons. The lowest BCUT2D eigenvalue weighted by Crippen LogP contribution is -2.08. The van der Waals surface area contributed by atoms with E-state index in [0.717, 1.165) is 11.5 Å². The summed E-state index contributed by atoms with van der Waals surface area (Å²) in [6.45, 7) is 7.10. The first-order valence-electron chi connectivity index (χ1n) is 5.94. The molecule has 19 heavy (non-hydrogen) atoms. The molecule has 2 heterocycles. The quantitative estimate of drug-likeness (QED) is 0.599. The van der Waals surface area contributed by atoms with Crippen molar-refractivity contribution in [2.45, 2.75) is 37.3 Å². The van der Waals surface area contributed by atoms with Crippen LogP contribution in [0.15, 0.2) is 22.3 Å². The normalized spacial score (nSPS) is 11.9. The molecule has 2 aromatic heterocycles.